The highest BCUT2D eigenvalue weighted by atomic mass is 16.5. The number of hydrogen-bond acceptors (Lipinski definition) is 3. The Morgan fingerprint density at radius 1 is 0.633 bits per heavy atom. The van der Waals surface area contributed by atoms with Crippen molar-refractivity contribution in [3.8, 4) is 0 Å². The number of carbonyl (C=O) groups is 2. The van der Waals surface area contributed by atoms with Crippen LogP contribution in [0, 0.1) is 0 Å². The molecule has 0 saturated carbocycles. The molecule has 0 saturated heterocycles. The summed E-state index contributed by atoms with van der Waals surface area (Å²) in [7, 11) is 0. The van der Waals surface area contributed by atoms with E-state index in [9.17, 15) is 9.59 Å². The Morgan fingerprint density at radius 2 is 1.03 bits per heavy atom. The van der Waals surface area contributed by atoms with E-state index in [0.717, 1.165) is 25.7 Å². The Labute approximate surface area is 186 Å². The van der Waals surface area contributed by atoms with Gasteiger partial charge in [0.15, 0.2) is 0 Å². The second kappa shape index (κ2) is 22.6. The molecule has 178 valence electrons. The van der Waals surface area contributed by atoms with Gasteiger partial charge in [-0.2, -0.15) is 0 Å². The van der Waals surface area contributed by atoms with E-state index in [1.54, 1.807) is 0 Å². The molecule has 1 atom stereocenters. The molecule has 0 heterocycles. The highest BCUT2D eigenvalue weighted by molar-refractivity contribution is 5.71. The van der Waals surface area contributed by atoms with E-state index in [1.807, 2.05) is 0 Å². The highest BCUT2D eigenvalue weighted by Gasteiger charge is 2.17. The Balaban J connectivity index is 3.74. The van der Waals surface area contributed by atoms with Crippen LogP contribution in [0.15, 0.2) is 0 Å². The molecule has 0 fully saturated rings. The van der Waals surface area contributed by atoms with Crippen molar-refractivity contribution in [3.05, 3.63) is 0 Å². The van der Waals surface area contributed by atoms with E-state index in [1.165, 1.54) is 89.9 Å². The van der Waals surface area contributed by atoms with Gasteiger partial charge in [0.2, 0.25) is 0 Å². The largest absolute Gasteiger partial charge is 0.481 e. The van der Waals surface area contributed by atoms with Gasteiger partial charge in [-0.15, -0.1) is 0 Å². The Kier molecular flexibility index (Phi) is 21.8. The van der Waals surface area contributed by atoms with Crippen LogP contribution in [0.4, 0.5) is 0 Å². The van der Waals surface area contributed by atoms with Gasteiger partial charge in [-0.3, -0.25) is 9.59 Å². The fraction of sp³-hybridized carbons (Fsp3) is 0.923. The zero-order valence-electron chi connectivity index (χ0n) is 20.1. The summed E-state index contributed by atoms with van der Waals surface area (Å²) in [5, 5.41) is 9.10. The van der Waals surface area contributed by atoms with Crippen molar-refractivity contribution < 1.29 is 19.4 Å². The third kappa shape index (κ3) is 21.6. The first-order chi connectivity index (χ1) is 14.6. The zero-order valence-corrected chi connectivity index (χ0v) is 20.1. The number of aliphatic carboxylic acids is 1. The van der Waals surface area contributed by atoms with E-state index < -0.39 is 12.1 Å². The number of unbranched alkanes of at least 4 members (excludes halogenated alkanes) is 16. The fourth-order valence-corrected chi connectivity index (χ4v) is 3.90. The fourth-order valence-electron chi connectivity index (χ4n) is 3.90. The van der Waals surface area contributed by atoms with Crippen LogP contribution in [-0.2, 0) is 14.3 Å². The van der Waals surface area contributed by atoms with E-state index >= 15 is 0 Å². The van der Waals surface area contributed by atoms with Gasteiger partial charge in [0.1, 0.15) is 6.10 Å². The Hall–Kier alpha value is -1.06. The number of carboxylic acids is 1. The van der Waals surface area contributed by atoms with Gasteiger partial charge in [-0.1, -0.05) is 117 Å². The van der Waals surface area contributed by atoms with Crippen molar-refractivity contribution in [2.75, 3.05) is 0 Å². The van der Waals surface area contributed by atoms with Gasteiger partial charge in [0, 0.05) is 6.42 Å². The Bertz CT molecular complexity index is 394. The first kappa shape index (κ1) is 28.9. The number of carboxylic acid groups (broad SMARTS) is 1. The Morgan fingerprint density at radius 3 is 1.47 bits per heavy atom. The summed E-state index contributed by atoms with van der Waals surface area (Å²) in [6.07, 6.45) is 22.6. The molecular weight excluding hydrogens is 376 g/mol. The van der Waals surface area contributed by atoms with Crippen LogP contribution in [-0.4, -0.2) is 23.1 Å². The molecule has 0 aliphatic heterocycles. The lowest BCUT2D eigenvalue weighted by Gasteiger charge is -2.16. The van der Waals surface area contributed by atoms with E-state index in [2.05, 4.69) is 13.8 Å². The monoisotopic (exact) mass is 426 g/mol. The molecule has 0 spiro atoms. The van der Waals surface area contributed by atoms with E-state index in [-0.39, 0.29) is 12.4 Å². The van der Waals surface area contributed by atoms with Crippen molar-refractivity contribution >= 4 is 11.9 Å². The molecular formula is C26H50O4. The number of rotatable bonds is 23. The second-order valence-electron chi connectivity index (χ2n) is 8.91. The first-order valence-corrected chi connectivity index (χ1v) is 13.0. The predicted octanol–water partition coefficient (Wildman–Crippen LogP) is 8.21. The normalized spacial score (nSPS) is 12.1. The van der Waals surface area contributed by atoms with Gasteiger partial charge in [-0.25, -0.2) is 0 Å². The quantitative estimate of drug-likeness (QED) is 0.132. The van der Waals surface area contributed by atoms with Crippen LogP contribution in [0.25, 0.3) is 0 Å². The van der Waals surface area contributed by atoms with Crippen molar-refractivity contribution in [2.45, 2.75) is 155 Å². The summed E-state index contributed by atoms with van der Waals surface area (Å²) >= 11 is 0. The summed E-state index contributed by atoms with van der Waals surface area (Å²) in [6.45, 7) is 4.46. The lowest BCUT2D eigenvalue weighted by Crippen LogP contribution is -2.21. The molecule has 0 aliphatic rings. The minimum atomic E-state index is -0.883. The van der Waals surface area contributed by atoms with E-state index in [4.69, 9.17) is 9.84 Å². The molecule has 0 rings (SSSR count). The lowest BCUT2D eigenvalue weighted by atomic mass is 10.0. The van der Waals surface area contributed by atoms with Crippen molar-refractivity contribution in [1.82, 2.24) is 0 Å². The molecule has 0 bridgehead atoms. The number of carbonyl (C=O) groups excluding carboxylic acids is 1. The van der Waals surface area contributed by atoms with Crippen LogP contribution in [0.5, 0.6) is 0 Å². The van der Waals surface area contributed by atoms with E-state index in [0.29, 0.717) is 12.8 Å². The second-order valence-corrected chi connectivity index (χ2v) is 8.91. The number of esters is 1. The average Bonchev–Trinajstić information content (AvgIpc) is 2.70. The van der Waals surface area contributed by atoms with Gasteiger partial charge in [0.25, 0.3) is 0 Å². The molecule has 1 unspecified atom stereocenters. The minimum absolute atomic E-state index is 0.0689. The maximum atomic E-state index is 12.1. The summed E-state index contributed by atoms with van der Waals surface area (Å²) < 4.78 is 5.48. The van der Waals surface area contributed by atoms with Crippen molar-refractivity contribution in [1.29, 1.82) is 0 Å². The third-order valence-electron chi connectivity index (χ3n) is 5.81. The number of hydrogen-bond donors (Lipinski definition) is 1. The molecule has 0 aliphatic carbocycles. The molecule has 4 nitrogen and oxygen atoms in total. The first-order valence-electron chi connectivity index (χ1n) is 13.0. The zero-order chi connectivity index (χ0) is 22.3. The molecule has 0 aromatic rings. The lowest BCUT2D eigenvalue weighted by molar-refractivity contribution is -0.153. The molecule has 30 heavy (non-hydrogen) atoms. The molecule has 0 amide bonds. The van der Waals surface area contributed by atoms with Crippen LogP contribution < -0.4 is 0 Å². The van der Waals surface area contributed by atoms with Crippen molar-refractivity contribution in [3.63, 3.8) is 0 Å². The molecule has 0 aromatic heterocycles. The maximum Gasteiger partial charge on any atom is 0.307 e. The van der Waals surface area contributed by atoms with Crippen LogP contribution in [0.2, 0.25) is 0 Å². The predicted molar refractivity (Wildman–Crippen MR) is 126 cm³/mol. The van der Waals surface area contributed by atoms with Gasteiger partial charge in [0.05, 0.1) is 6.42 Å². The third-order valence-corrected chi connectivity index (χ3v) is 5.81. The molecule has 0 radical (unpaired) electrons. The van der Waals surface area contributed by atoms with Gasteiger partial charge < -0.3 is 9.84 Å². The summed E-state index contributed by atoms with van der Waals surface area (Å²) in [4.78, 5) is 23.1. The molecule has 1 N–H and O–H groups in total. The maximum absolute atomic E-state index is 12.1. The van der Waals surface area contributed by atoms with Crippen LogP contribution in [0.1, 0.15) is 149 Å². The van der Waals surface area contributed by atoms with Crippen molar-refractivity contribution in [2.24, 2.45) is 0 Å². The highest BCUT2D eigenvalue weighted by Crippen LogP contribution is 2.16. The SMILES string of the molecule is CCCCCCCCCCCCCC(CC(=O)O)OC(=O)CCCCCCCCC. The van der Waals surface area contributed by atoms with Crippen LogP contribution in [0.3, 0.4) is 0 Å². The van der Waals surface area contributed by atoms with Gasteiger partial charge >= 0.3 is 11.9 Å². The molecule has 4 heteroatoms. The standard InChI is InChI=1S/C26H50O4/c1-3-5-7-9-11-12-13-14-16-17-19-21-24(23-25(27)28)30-26(29)22-20-18-15-10-8-6-4-2/h24H,3-23H2,1-2H3,(H,27,28). The van der Waals surface area contributed by atoms with Crippen LogP contribution >= 0.6 is 0 Å². The summed E-state index contributed by atoms with van der Waals surface area (Å²) in [5.41, 5.74) is 0. The molecule has 0 aromatic carbocycles. The summed E-state index contributed by atoms with van der Waals surface area (Å²) in [5.74, 6) is -1.11. The topological polar surface area (TPSA) is 63.6 Å². The smallest absolute Gasteiger partial charge is 0.307 e. The minimum Gasteiger partial charge on any atom is -0.481 e. The summed E-state index contributed by atoms with van der Waals surface area (Å²) in [6, 6.07) is 0. The van der Waals surface area contributed by atoms with Gasteiger partial charge in [-0.05, 0) is 19.3 Å². The average molecular weight is 427 g/mol. The number of ether oxygens (including phenoxy) is 1.